The van der Waals surface area contributed by atoms with Crippen molar-refractivity contribution in [3.63, 3.8) is 0 Å². The maximum Gasteiger partial charge on any atom is 0.309 e. The Hall–Kier alpha value is -2.68. The van der Waals surface area contributed by atoms with Crippen molar-refractivity contribution in [2.75, 3.05) is 27.2 Å². The lowest BCUT2D eigenvalue weighted by Gasteiger charge is -2.68. The van der Waals surface area contributed by atoms with Gasteiger partial charge in [-0.15, -0.1) is 0 Å². The van der Waals surface area contributed by atoms with Crippen LogP contribution in [0.4, 0.5) is 0 Å². The molecule has 2 heterocycles. The number of nitrogens with zero attached hydrogens (tertiary/aromatic N) is 4. The second-order valence-electron chi connectivity index (χ2n) is 25.1. The van der Waals surface area contributed by atoms with Crippen LogP contribution in [0.2, 0.25) is 0 Å². The van der Waals surface area contributed by atoms with Gasteiger partial charge in [-0.3, -0.25) is 14.4 Å². The molecule has 5 aliphatic carbocycles. The summed E-state index contributed by atoms with van der Waals surface area (Å²) in [6, 6.07) is 0.0113. The largest absolute Gasteiger partial charge is 0.481 e. The summed E-state index contributed by atoms with van der Waals surface area (Å²) in [5.41, 5.74) is 1.43. The molecule has 6 aliphatic rings. The number of rotatable bonds is 14. The van der Waals surface area contributed by atoms with E-state index in [2.05, 4.69) is 104 Å². The van der Waals surface area contributed by atoms with Crippen molar-refractivity contribution < 1.29 is 24.2 Å². The molecule has 0 spiro atoms. The van der Waals surface area contributed by atoms with Gasteiger partial charge in [-0.25, -0.2) is 4.98 Å². The number of unbranched alkanes of at least 4 members (excludes halogenated alkanes) is 1. The molecule has 0 bridgehead atoms. The predicted octanol–water partition coefficient (Wildman–Crippen LogP) is 11.5. The van der Waals surface area contributed by atoms with Crippen molar-refractivity contribution in [3.8, 4) is 0 Å². The highest BCUT2D eigenvalue weighted by Crippen LogP contribution is 2.74. The molecule has 0 aromatic carbocycles. The summed E-state index contributed by atoms with van der Waals surface area (Å²) < 4.78 is 8.93. The van der Waals surface area contributed by atoms with Crippen molar-refractivity contribution in [1.29, 1.82) is 0 Å². The number of carboxylic acid groups (broad SMARTS) is 1. The third kappa shape index (κ3) is 8.08. The van der Waals surface area contributed by atoms with E-state index in [9.17, 15) is 14.7 Å². The number of aliphatic carboxylic acids is 1. The van der Waals surface area contributed by atoms with Gasteiger partial charge in [-0.1, -0.05) is 94.2 Å². The van der Waals surface area contributed by atoms with E-state index in [1.807, 2.05) is 13.8 Å². The van der Waals surface area contributed by atoms with Crippen molar-refractivity contribution in [2.24, 2.45) is 68.5 Å². The molecule has 6 fully saturated rings. The van der Waals surface area contributed by atoms with E-state index < -0.39 is 17.3 Å². The summed E-state index contributed by atoms with van der Waals surface area (Å²) in [6.07, 6.45) is 17.2. The Morgan fingerprint density at radius 3 is 2.29 bits per heavy atom. The first-order valence-corrected chi connectivity index (χ1v) is 25.5. The number of hydrogen-bond donors (Lipinski definition) is 1. The van der Waals surface area contributed by atoms with Crippen molar-refractivity contribution in [2.45, 2.75) is 197 Å². The van der Waals surface area contributed by atoms with E-state index in [4.69, 9.17) is 9.72 Å². The molecule has 1 aromatic heterocycles. The number of carbonyl (C=O) groups excluding carboxylic acids is 2. The molecular weight excluding hydrogens is 785 g/mol. The Kier molecular flexibility index (Phi) is 13.2. The summed E-state index contributed by atoms with van der Waals surface area (Å²) in [5.74, 6) is 1.75. The number of carbonyl (C=O) groups is 3. The first-order valence-electron chi connectivity index (χ1n) is 25.5. The molecule has 0 unspecified atom stereocenters. The topological polar surface area (TPSA) is 105 Å². The first kappa shape index (κ1) is 48.3. The van der Waals surface area contributed by atoms with Crippen LogP contribution in [0.25, 0.3) is 0 Å². The predicted molar refractivity (Wildman–Crippen MR) is 252 cm³/mol. The van der Waals surface area contributed by atoms with Crippen molar-refractivity contribution in [1.82, 2.24) is 19.4 Å². The number of fused-ring (bicyclic) bond motifs is 5. The normalized spacial score (nSPS) is 36.8. The molecule has 1 saturated heterocycles. The molecule has 7 rings (SSSR count). The molecular formula is C54H88N4O5. The summed E-state index contributed by atoms with van der Waals surface area (Å²) in [4.78, 5) is 51.4. The average Bonchev–Trinajstić information content (AvgIpc) is 3.95. The SMILES string of the molecule is C=C(C)[C@@H]1CC[C@]2(C(=O)N3CCC[C@H]3c3nc(C(C)(C)C)cn3CCN(C)C)CC[C@]3(C)[C@H](CC[C@@H]4C[C@H](C(C)(C)[C@H](CCCC)OC(=O)[C@H]5C[C@@H](C(=O)O)C5(C)C)CC[C@]43C)[C@@H]12. The van der Waals surface area contributed by atoms with Gasteiger partial charge in [0, 0.05) is 36.7 Å². The van der Waals surface area contributed by atoms with Gasteiger partial charge in [-0.2, -0.15) is 0 Å². The second-order valence-corrected chi connectivity index (χ2v) is 25.1. The molecule has 5 saturated carbocycles. The highest BCUT2D eigenvalue weighted by atomic mass is 16.5. The van der Waals surface area contributed by atoms with E-state index in [1.165, 1.54) is 12.0 Å². The van der Waals surface area contributed by atoms with Gasteiger partial charge in [-0.05, 0) is 150 Å². The highest BCUT2D eigenvalue weighted by molar-refractivity contribution is 5.85. The third-order valence-corrected chi connectivity index (χ3v) is 20.0. The molecule has 1 aliphatic heterocycles. The molecule has 63 heavy (non-hydrogen) atoms. The van der Waals surface area contributed by atoms with Gasteiger partial charge in [0.25, 0.3) is 0 Å². The summed E-state index contributed by atoms with van der Waals surface area (Å²) in [7, 11) is 4.26. The van der Waals surface area contributed by atoms with Crippen LogP contribution in [0.5, 0.6) is 0 Å². The first-order chi connectivity index (χ1) is 29.3. The minimum Gasteiger partial charge on any atom is -0.481 e. The number of likely N-dealkylation sites (N-methyl/N-ethyl adjacent to an activating group) is 1. The number of esters is 1. The van der Waals surface area contributed by atoms with Crippen molar-refractivity contribution >= 4 is 17.8 Å². The Labute approximate surface area is 382 Å². The molecule has 12 atom stereocenters. The van der Waals surface area contributed by atoms with Crippen LogP contribution < -0.4 is 0 Å². The van der Waals surface area contributed by atoms with E-state index in [0.717, 1.165) is 115 Å². The summed E-state index contributed by atoms with van der Waals surface area (Å²) in [5, 5.41) is 9.77. The van der Waals surface area contributed by atoms with Crippen LogP contribution in [0, 0.1) is 68.5 Å². The number of imidazole rings is 1. The second kappa shape index (κ2) is 17.2. The van der Waals surface area contributed by atoms with Gasteiger partial charge in [0.1, 0.15) is 11.9 Å². The van der Waals surface area contributed by atoms with Gasteiger partial charge in [0.15, 0.2) is 0 Å². The van der Waals surface area contributed by atoms with E-state index in [-0.39, 0.29) is 51.1 Å². The molecule has 9 heteroatoms. The fourth-order valence-electron chi connectivity index (χ4n) is 15.2. The van der Waals surface area contributed by atoms with E-state index in [1.54, 1.807) is 0 Å². The fraction of sp³-hybridized carbons (Fsp3) is 0.852. The monoisotopic (exact) mass is 873 g/mol. The van der Waals surface area contributed by atoms with Crippen LogP contribution >= 0.6 is 0 Å². The van der Waals surface area contributed by atoms with Crippen LogP contribution in [0.15, 0.2) is 18.3 Å². The molecule has 1 N–H and O–H groups in total. The van der Waals surface area contributed by atoms with Crippen LogP contribution in [-0.2, 0) is 31.1 Å². The maximum atomic E-state index is 15.8. The standard InChI is InChI=1S/C54H88N4O5/c1-15-16-19-43(63-47(61)40-32-39(46(59)60)51(40,9)10)50(7,8)35-22-24-52(11)36(31-35)20-21-38-44-37(34(2)3)23-25-54(44,27-26-53(38,52)12)48(62)58-28-17-18-41(58)45-55-42(49(4,5)6)33-57(45)30-29-56(13)14/h33,35-41,43-44H,2,15-32H2,1,3-14H3,(H,59,60)/t35-,36-,37+,38-,39+,40-,41+,43+,44-,52-,53-,54+/m1/s1. The quantitative estimate of drug-likeness (QED) is 0.147. The molecule has 354 valence electrons. The average molecular weight is 873 g/mol. The fourth-order valence-corrected chi connectivity index (χ4v) is 15.2. The summed E-state index contributed by atoms with van der Waals surface area (Å²) in [6.45, 7) is 32.2. The zero-order valence-electron chi connectivity index (χ0n) is 42.1. The number of allylic oxidation sites excluding steroid dienone is 1. The third-order valence-electron chi connectivity index (χ3n) is 20.0. The number of carboxylic acids is 1. The minimum atomic E-state index is -0.816. The maximum absolute atomic E-state index is 15.8. The molecule has 0 radical (unpaired) electrons. The number of aromatic nitrogens is 2. The molecule has 1 aromatic rings. The van der Waals surface area contributed by atoms with E-state index >= 15 is 4.79 Å². The zero-order valence-corrected chi connectivity index (χ0v) is 42.1. The van der Waals surface area contributed by atoms with Crippen LogP contribution in [-0.4, -0.2) is 75.6 Å². The molecule has 1 amide bonds. The summed E-state index contributed by atoms with van der Waals surface area (Å²) >= 11 is 0. The Morgan fingerprint density at radius 1 is 0.952 bits per heavy atom. The number of likely N-dealkylation sites (tertiary alicyclic amines) is 1. The Balaban J connectivity index is 1.13. The number of ether oxygens (including phenoxy) is 1. The van der Waals surface area contributed by atoms with Crippen LogP contribution in [0.1, 0.15) is 190 Å². The Bertz CT molecular complexity index is 1890. The smallest absolute Gasteiger partial charge is 0.309 e. The lowest BCUT2D eigenvalue weighted by atomic mass is 9.37. The lowest BCUT2D eigenvalue weighted by molar-refractivity contribution is -0.201. The van der Waals surface area contributed by atoms with Crippen molar-refractivity contribution in [3.05, 3.63) is 29.9 Å². The van der Waals surface area contributed by atoms with Crippen LogP contribution in [0.3, 0.4) is 0 Å². The van der Waals surface area contributed by atoms with E-state index in [0.29, 0.717) is 41.9 Å². The zero-order chi connectivity index (χ0) is 46.2. The number of amides is 1. The highest BCUT2D eigenvalue weighted by Gasteiger charge is 2.69. The lowest BCUT2D eigenvalue weighted by Crippen LogP contribution is -2.63. The van der Waals surface area contributed by atoms with Gasteiger partial charge in [0.05, 0.1) is 29.0 Å². The Morgan fingerprint density at radius 2 is 1.67 bits per heavy atom. The molecule has 9 nitrogen and oxygen atoms in total. The van der Waals surface area contributed by atoms with Gasteiger partial charge >= 0.3 is 11.9 Å². The van der Waals surface area contributed by atoms with Gasteiger partial charge in [0.2, 0.25) is 5.91 Å². The minimum absolute atomic E-state index is 0.0113. The number of hydrogen-bond acceptors (Lipinski definition) is 6. The van der Waals surface area contributed by atoms with Gasteiger partial charge < -0.3 is 24.2 Å².